The van der Waals surface area contributed by atoms with Gasteiger partial charge in [0.05, 0.1) is 5.92 Å². The molecule has 2 heterocycles. The van der Waals surface area contributed by atoms with Crippen molar-refractivity contribution in [2.75, 3.05) is 25.0 Å². The third kappa shape index (κ3) is 7.34. The summed E-state index contributed by atoms with van der Waals surface area (Å²) in [5.41, 5.74) is 3.97. The molecule has 2 saturated heterocycles. The number of carbonyl (C=O) groups excluding carboxylic acids is 3. The number of benzene rings is 2. The summed E-state index contributed by atoms with van der Waals surface area (Å²) in [6.45, 7) is 17.8. The molecule has 0 aromatic heterocycles. The molecule has 1 N–H and O–H groups in total. The van der Waals surface area contributed by atoms with Crippen LogP contribution in [0.5, 0.6) is 0 Å². The Morgan fingerprint density at radius 2 is 1.48 bits per heavy atom. The van der Waals surface area contributed by atoms with Crippen molar-refractivity contribution in [2.45, 2.75) is 98.1 Å². The van der Waals surface area contributed by atoms with E-state index in [2.05, 4.69) is 38.2 Å². The van der Waals surface area contributed by atoms with E-state index in [1.165, 1.54) is 0 Å². The third-order valence-electron chi connectivity index (χ3n) is 8.65. The Labute approximate surface area is 252 Å². The molecule has 228 valence electrons. The van der Waals surface area contributed by atoms with Gasteiger partial charge >= 0.3 is 6.09 Å². The van der Waals surface area contributed by atoms with Crippen molar-refractivity contribution in [3.63, 3.8) is 0 Å². The molecule has 2 aromatic carbocycles. The smallest absolute Gasteiger partial charge is 0.410 e. The Bertz CT molecular complexity index is 1280. The van der Waals surface area contributed by atoms with Gasteiger partial charge in [-0.05, 0) is 100 Å². The molecule has 2 aliphatic heterocycles. The number of hydrogen-bond donors (Lipinski definition) is 1. The minimum atomic E-state index is -0.556. The zero-order valence-corrected chi connectivity index (χ0v) is 26.8. The van der Waals surface area contributed by atoms with Crippen molar-refractivity contribution in [1.29, 1.82) is 0 Å². The summed E-state index contributed by atoms with van der Waals surface area (Å²) in [6, 6.07) is 13.7. The van der Waals surface area contributed by atoms with E-state index in [4.69, 9.17) is 4.74 Å². The van der Waals surface area contributed by atoms with Crippen LogP contribution >= 0.6 is 0 Å². The normalized spacial score (nSPS) is 20.3. The minimum Gasteiger partial charge on any atom is -0.444 e. The summed E-state index contributed by atoms with van der Waals surface area (Å²) in [4.78, 5) is 44.7. The molecule has 7 heteroatoms. The van der Waals surface area contributed by atoms with E-state index in [1.807, 2.05) is 69.9 Å². The lowest BCUT2D eigenvalue weighted by molar-refractivity contribution is -0.124. The van der Waals surface area contributed by atoms with E-state index in [1.54, 1.807) is 4.90 Å². The summed E-state index contributed by atoms with van der Waals surface area (Å²) < 4.78 is 5.62. The number of piperidine rings is 2. The van der Waals surface area contributed by atoms with Crippen molar-refractivity contribution >= 4 is 23.6 Å². The zero-order chi connectivity index (χ0) is 30.8. The van der Waals surface area contributed by atoms with Crippen LogP contribution in [0.2, 0.25) is 0 Å². The number of likely N-dealkylation sites (tertiary alicyclic amines) is 2. The molecule has 7 nitrogen and oxygen atoms in total. The van der Waals surface area contributed by atoms with E-state index in [0.717, 1.165) is 40.8 Å². The monoisotopic (exact) mass is 575 g/mol. The average Bonchev–Trinajstić information content (AvgIpc) is 2.91. The highest BCUT2D eigenvalue weighted by atomic mass is 16.6. The molecular formula is C35H49N3O4. The molecule has 42 heavy (non-hydrogen) atoms. The molecule has 2 aliphatic rings. The van der Waals surface area contributed by atoms with Crippen LogP contribution in [0.1, 0.15) is 94.3 Å². The van der Waals surface area contributed by atoms with Gasteiger partial charge in [0.25, 0.3) is 5.91 Å². The van der Waals surface area contributed by atoms with E-state index in [9.17, 15) is 14.4 Å². The predicted molar refractivity (Wildman–Crippen MR) is 168 cm³/mol. The van der Waals surface area contributed by atoms with Crippen LogP contribution in [0.4, 0.5) is 10.5 Å². The molecule has 2 aromatic rings. The van der Waals surface area contributed by atoms with Crippen LogP contribution in [-0.4, -0.2) is 59.0 Å². The molecular weight excluding hydrogens is 526 g/mol. The van der Waals surface area contributed by atoms with Crippen molar-refractivity contribution < 1.29 is 19.1 Å². The molecule has 1 unspecified atom stereocenters. The second-order valence-electron chi connectivity index (χ2n) is 14.1. The number of nitrogens with one attached hydrogen (secondary N) is 1. The van der Waals surface area contributed by atoms with Crippen molar-refractivity contribution in [2.24, 2.45) is 11.8 Å². The second kappa shape index (κ2) is 12.5. The van der Waals surface area contributed by atoms with Crippen LogP contribution in [0.3, 0.4) is 0 Å². The van der Waals surface area contributed by atoms with Crippen LogP contribution in [0, 0.1) is 25.7 Å². The number of ether oxygens (including phenoxy) is 1. The first kappa shape index (κ1) is 31.6. The Balaban J connectivity index is 1.62. The average molecular weight is 576 g/mol. The van der Waals surface area contributed by atoms with Gasteiger partial charge in [-0.2, -0.15) is 0 Å². The molecule has 0 aliphatic carbocycles. The molecule has 0 bridgehead atoms. The van der Waals surface area contributed by atoms with Gasteiger partial charge in [0.2, 0.25) is 5.91 Å². The fourth-order valence-electron chi connectivity index (χ4n) is 6.47. The number of amides is 3. The first-order valence-electron chi connectivity index (χ1n) is 15.4. The number of carbonyl (C=O) groups is 3. The largest absolute Gasteiger partial charge is 0.444 e. The minimum absolute atomic E-state index is 0.00241. The van der Waals surface area contributed by atoms with Gasteiger partial charge in [-0.15, -0.1) is 0 Å². The van der Waals surface area contributed by atoms with Gasteiger partial charge in [0, 0.05) is 36.9 Å². The standard InChI is InChI=1S/C35H49N3O4/c1-23-12-9-13-24(2)29(23)32(40)38-19-11-16-28(31(39)36-27-15-10-14-26(22-27)34(3,4)5)30(38)25-17-20-37(21-18-25)33(41)42-35(6,7)8/h9-10,12-15,22,25,28,30H,11,16-21H2,1-8H3,(H,36,39)/t28-,30?/m0/s1. The number of anilines is 1. The highest BCUT2D eigenvalue weighted by Crippen LogP contribution is 2.37. The molecule has 2 atom stereocenters. The first-order chi connectivity index (χ1) is 19.7. The molecule has 0 spiro atoms. The van der Waals surface area contributed by atoms with Gasteiger partial charge in [0.15, 0.2) is 0 Å². The van der Waals surface area contributed by atoms with Crippen LogP contribution < -0.4 is 5.32 Å². The van der Waals surface area contributed by atoms with Gasteiger partial charge in [-0.25, -0.2) is 4.79 Å². The Hall–Kier alpha value is -3.35. The molecule has 0 saturated carbocycles. The maximum absolute atomic E-state index is 14.2. The summed E-state index contributed by atoms with van der Waals surface area (Å²) in [5.74, 6) is -0.297. The van der Waals surface area contributed by atoms with Crippen molar-refractivity contribution in [3.8, 4) is 0 Å². The fourth-order valence-corrected chi connectivity index (χ4v) is 6.47. The maximum Gasteiger partial charge on any atom is 0.410 e. The number of rotatable bonds is 4. The Kier molecular flexibility index (Phi) is 9.39. The second-order valence-corrected chi connectivity index (χ2v) is 14.1. The molecule has 2 fully saturated rings. The highest BCUT2D eigenvalue weighted by molar-refractivity contribution is 5.99. The number of aryl methyl sites for hydroxylation is 2. The third-order valence-corrected chi connectivity index (χ3v) is 8.65. The Morgan fingerprint density at radius 3 is 2.07 bits per heavy atom. The lowest BCUT2D eigenvalue weighted by Gasteiger charge is -2.47. The van der Waals surface area contributed by atoms with Gasteiger partial charge < -0.3 is 19.9 Å². The maximum atomic E-state index is 14.2. The molecule has 3 amide bonds. The van der Waals surface area contributed by atoms with Gasteiger partial charge in [0.1, 0.15) is 5.60 Å². The summed E-state index contributed by atoms with van der Waals surface area (Å²) in [5, 5.41) is 3.21. The fraction of sp³-hybridized carbons (Fsp3) is 0.571. The van der Waals surface area contributed by atoms with Crippen LogP contribution in [0.25, 0.3) is 0 Å². The summed E-state index contributed by atoms with van der Waals surface area (Å²) in [6.07, 6.45) is 2.61. The number of hydrogen-bond acceptors (Lipinski definition) is 4. The van der Waals surface area contributed by atoms with Gasteiger partial charge in [-0.1, -0.05) is 51.1 Å². The zero-order valence-electron chi connectivity index (χ0n) is 26.8. The Morgan fingerprint density at radius 1 is 0.857 bits per heavy atom. The van der Waals surface area contributed by atoms with Crippen molar-refractivity contribution in [1.82, 2.24) is 9.80 Å². The van der Waals surface area contributed by atoms with E-state index in [0.29, 0.717) is 32.5 Å². The van der Waals surface area contributed by atoms with Crippen molar-refractivity contribution in [3.05, 3.63) is 64.7 Å². The van der Waals surface area contributed by atoms with Crippen LogP contribution in [0.15, 0.2) is 42.5 Å². The molecule has 0 radical (unpaired) electrons. The van der Waals surface area contributed by atoms with E-state index < -0.39 is 5.60 Å². The number of nitrogens with zero attached hydrogens (tertiary/aromatic N) is 2. The summed E-state index contributed by atoms with van der Waals surface area (Å²) >= 11 is 0. The lowest BCUT2D eigenvalue weighted by atomic mass is 9.76. The van der Waals surface area contributed by atoms with Gasteiger partial charge in [-0.3, -0.25) is 9.59 Å². The first-order valence-corrected chi connectivity index (χ1v) is 15.4. The van der Waals surface area contributed by atoms with Crippen LogP contribution in [-0.2, 0) is 14.9 Å². The quantitative estimate of drug-likeness (QED) is 0.422. The molecule has 4 rings (SSSR count). The van der Waals surface area contributed by atoms with E-state index in [-0.39, 0.29) is 41.2 Å². The SMILES string of the molecule is Cc1cccc(C)c1C(=O)N1CCC[C@H](C(=O)Nc2cccc(C(C)(C)C)c2)C1C1CCN(C(=O)OC(C)(C)C)CC1. The highest BCUT2D eigenvalue weighted by Gasteiger charge is 2.44. The predicted octanol–water partition coefficient (Wildman–Crippen LogP) is 7.11. The lowest BCUT2D eigenvalue weighted by Crippen LogP contribution is -2.57. The van der Waals surface area contributed by atoms with E-state index >= 15 is 0 Å². The topological polar surface area (TPSA) is 79.0 Å². The summed E-state index contributed by atoms with van der Waals surface area (Å²) in [7, 11) is 0.